The summed E-state index contributed by atoms with van der Waals surface area (Å²) in [4.78, 5) is 12.1. The Morgan fingerprint density at radius 2 is 2.25 bits per heavy atom. The van der Waals surface area contributed by atoms with Crippen molar-refractivity contribution in [3.05, 3.63) is 35.6 Å². The van der Waals surface area contributed by atoms with Crippen molar-refractivity contribution in [2.75, 3.05) is 6.61 Å². The van der Waals surface area contributed by atoms with Gasteiger partial charge in [0.05, 0.1) is 17.6 Å². The van der Waals surface area contributed by atoms with Gasteiger partial charge >= 0.3 is 0 Å². The molecular formula is C13H15FO2. The molecule has 0 N–H and O–H groups in total. The zero-order valence-corrected chi connectivity index (χ0v) is 9.28. The third-order valence-corrected chi connectivity index (χ3v) is 3.09. The van der Waals surface area contributed by atoms with Gasteiger partial charge in [-0.1, -0.05) is 19.1 Å². The van der Waals surface area contributed by atoms with Gasteiger partial charge in [0.2, 0.25) is 0 Å². The van der Waals surface area contributed by atoms with Crippen LogP contribution in [0, 0.1) is 11.7 Å². The molecule has 2 nitrogen and oxygen atoms in total. The van der Waals surface area contributed by atoms with Crippen molar-refractivity contribution in [3.8, 4) is 0 Å². The molecule has 16 heavy (non-hydrogen) atoms. The first-order valence-electron chi connectivity index (χ1n) is 5.64. The predicted molar refractivity (Wildman–Crippen MR) is 58.9 cm³/mol. The Labute approximate surface area is 94.4 Å². The summed E-state index contributed by atoms with van der Waals surface area (Å²) in [6.07, 6.45) is 1.45. The molecule has 1 aromatic rings. The molecule has 0 aliphatic carbocycles. The van der Waals surface area contributed by atoms with E-state index >= 15 is 0 Å². The highest BCUT2D eigenvalue weighted by Crippen LogP contribution is 2.27. The lowest BCUT2D eigenvalue weighted by atomic mass is 9.90. The number of carbonyl (C=O) groups is 1. The van der Waals surface area contributed by atoms with Gasteiger partial charge in [-0.2, -0.15) is 0 Å². The van der Waals surface area contributed by atoms with Crippen LogP contribution in [0.1, 0.15) is 30.1 Å². The van der Waals surface area contributed by atoms with Crippen molar-refractivity contribution >= 4 is 5.78 Å². The van der Waals surface area contributed by atoms with Crippen LogP contribution in [-0.4, -0.2) is 18.5 Å². The molecule has 0 spiro atoms. The Morgan fingerprint density at radius 1 is 1.50 bits per heavy atom. The second kappa shape index (κ2) is 4.74. The molecule has 0 bridgehead atoms. The number of ether oxygens (including phenoxy) is 1. The van der Waals surface area contributed by atoms with Crippen LogP contribution in [0.5, 0.6) is 0 Å². The Morgan fingerprint density at radius 3 is 2.94 bits per heavy atom. The second-order valence-corrected chi connectivity index (χ2v) is 4.06. The number of hydrogen-bond acceptors (Lipinski definition) is 2. The molecule has 1 aromatic carbocycles. The SMILES string of the molecule is CCC1OCCC1C(=O)c1ccccc1F. The first-order valence-corrected chi connectivity index (χ1v) is 5.64. The average Bonchev–Trinajstić information content (AvgIpc) is 2.77. The van der Waals surface area contributed by atoms with Gasteiger partial charge in [-0.25, -0.2) is 4.39 Å². The minimum atomic E-state index is -0.436. The minimum absolute atomic E-state index is 0.0490. The maximum atomic E-state index is 13.5. The van der Waals surface area contributed by atoms with Crippen molar-refractivity contribution in [3.63, 3.8) is 0 Å². The Bertz CT molecular complexity index is 389. The number of rotatable bonds is 3. The lowest BCUT2D eigenvalue weighted by Crippen LogP contribution is -2.24. The van der Waals surface area contributed by atoms with Crippen LogP contribution < -0.4 is 0 Å². The molecule has 1 fully saturated rings. The van der Waals surface area contributed by atoms with Gasteiger partial charge in [-0.15, -0.1) is 0 Å². The number of halogens is 1. The second-order valence-electron chi connectivity index (χ2n) is 4.06. The lowest BCUT2D eigenvalue weighted by molar-refractivity contribution is 0.0686. The molecule has 3 heteroatoms. The summed E-state index contributed by atoms with van der Waals surface area (Å²) >= 11 is 0. The fourth-order valence-corrected chi connectivity index (χ4v) is 2.21. The van der Waals surface area contributed by atoms with Gasteiger partial charge in [-0.05, 0) is 25.0 Å². The Kier molecular flexibility index (Phi) is 3.34. The fourth-order valence-electron chi connectivity index (χ4n) is 2.21. The van der Waals surface area contributed by atoms with Crippen molar-refractivity contribution in [1.82, 2.24) is 0 Å². The Balaban J connectivity index is 2.22. The number of ketones is 1. The maximum absolute atomic E-state index is 13.5. The zero-order chi connectivity index (χ0) is 11.5. The van der Waals surface area contributed by atoms with E-state index in [2.05, 4.69) is 0 Å². The lowest BCUT2D eigenvalue weighted by Gasteiger charge is -2.15. The quantitative estimate of drug-likeness (QED) is 0.735. The molecule has 1 heterocycles. The van der Waals surface area contributed by atoms with Crippen molar-refractivity contribution in [1.29, 1.82) is 0 Å². The van der Waals surface area contributed by atoms with Gasteiger partial charge in [0.1, 0.15) is 5.82 Å². The van der Waals surface area contributed by atoms with E-state index in [0.717, 1.165) is 6.42 Å². The van der Waals surface area contributed by atoms with Crippen LogP contribution in [0.4, 0.5) is 4.39 Å². The first-order chi connectivity index (χ1) is 7.74. The number of carbonyl (C=O) groups excluding carboxylic acids is 1. The van der Waals surface area contributed by atoms with Gasteiger partial charge in [0.25, 0.3) is 0 Å². The van der Waals surface area contributed by atoms with Crippen molar-refractivity contribution in [2.24, 2.45) is 5.92 Å². The van der Waals surface area contributed by atoms with Crippen LogP contribution in [0.15, 0.2) is 24.3 Å². The van der Waals surface area contributed by atoms with Crippen LogP contribution in [0.2, 0.25) is 0 Å². The monoisotopic (exact) mass is 222 g/mol. The van der Waals surface area contributed by atoms with E-state index in [1.54, 1.807) is 18.2 Å². The molecule has 2 rings (SSSR count). The highest BCUT2D eigenvalue weighted by Gasteiger charge is 2.34. The first kappa shape index (κ1) is 11.3. The van der Waals surface area contributed by atoms with E-state index in [9.17, 15) is 9.18 Å². The number of hydrogen-bond donors (Lipinski definition) is 0. The summed E-state index contributed by atoms with van der Waals surface area (Å²) in [5, 5.41) is 0. The van der Waals surface area contributed by atoms with E-state index in [-0.39, 0.29) is 23.4 Å². The zero-order valence-electron chi connectivity index (χ0n) is 9.28. The third-order valence-electron chi connectivity index (χ3n) is 3.09. The smallest absolute Gasteiger partial charge is 0.171 e. The summed E-state index contributed by atoms with van der Waals surface area (Å²) < 4.78 is 18.9. The highest BCUT2D eigenvalue weighted by molar-refractivity contribution is 5.98. The predicted octanol–water partition coefficient (Wildman–Crippen LogP) is 2.82. The molecule has 0 amide bonds. The largest absolute Gasteiger partial charge is 0.377 e. The van der Waals surface area contributed by atoms with E-state index in [1.165, 1.54) is 6.07 Å². The molecule has 86 valence electrons. The van der Waals surface area contributed by atoms with Crippen LogP contribution >= 0.6 is 0 Å². The topological polar surface area (TPSA) is 26.3 Å². The fraction of sp³-hybridized carbons (Fsp3) is 0.462. The summed E-state index contributed by atoms with van der Waals surface area (Å²) in [6, 6.07) is 6.15. The van der Waals surface area contributed by atoms with Crippen LogP contribution in [-0.2, 0) is 4.74 Å². The molecule has 0 saturated carbocycles. The number of Topliss-reactive ketones (excluding diaryl/α,β-unsaturated/α-hetero) is 1. The molecule has 1 aliphatic rings. The maximum Gasteiger partial charge on any atom is 0.171 e. The number of benzene rings is 1. The molecule has 1 saturated heterocycles. The van der Waals surface area contributed by atoms with Gasteiger partial charge in [0.15, 0.2) is 5.78 Å². The summed E-state index contributed by atoms with van der Waals surface area (Å²) in [5.41, 5.74) is 0.191. The highest BCUT2D eigenvalue weighted by atomic mass is 19.1. The van der Waals surface area contributed by atoms with Crippen LogP contribution in [0.25, 0.3) is 0 Å². The molecular weight excluding hydrogens is 207 g/mol. The van der Waals surface area contributed by atoms with E-state index in [1.807, 2.05) is 6.92 Å². The summed E-state index contributed by atoms with van der Waals surface area (Å²) in [6.45, 7) is 2.58. The average molecular weight is 222 g/mol. The summed E-state index contributed by atoms with van der Waals surface area (Å²) in [7, 11) is 0. The van der Waals surface area contributed by atoms with Crippen molar-refractivity contribution < 1.29 is 13.9 Å². The van der Waals surface area contributed by atoms with E-state index < -0.39 is 5.82 Å². The van der Waals surface area contributed by atoms with Crippen molar-refractivity contribution in [2.45, 2.75) is 25.9 Å². The Hall–Kier alpha value is -1.22. The van der Waals surface area contributed by atoms with Gasteiger partial charge in [0, 0.05) is 6.61 Å². The molecule has 1 aliphatic heterocycles. The normalized spacial score (nSPS) is 24.6. The summed E-state index contributed by atoms with van der Waals surface area (Å²) in [5.74, 6) is -0.737. The van der Waals surface area contributed by atoms with E-state index in [4.69, 9.17) is 4.74 Å². The minimum Gasteiger partial charge on any atom is -0.377 e. The third kappa shape index (κ3) is 2.00. The van der Waals surface area contributed by atoms with Crippen LogP contribution in [0.3, 0.4) is 0 Å². The van der Waals surface area contributed by atoms with E-state index in [0.29, 0.717) is 13.0 Å². The standard InChI is InChI=1S/C13H15FO2/c1-2-12-10(7-8-16-12)13(15)9-5-3-4-6-11(9)14/h3-6,10,12H,2,7-8H2,1H3. The van der Waals surface area contributed by atoms with Gasteiger partial charge in [-0.3, -0.25) is 4.79 Å². The molecule has 2 atom stereocenters. The van der Waals surface area contributed by atoms with Gasteiger partial charge < -0.3 is 4.74 Å². The molecule has 0 radical (unpaired) electrons. The molecule has 2 unspecified atom stereocenters. The molecule has 0 aromatic heterocycles.